The molecular weight excluding hydrogens is 338 g/mol. The number of amidine groups is 1. The molecule has 0 aliphatic carbocycles. The van der Waals surface area contributed by atoms with Gasteiger partial charge in [0.15, 0.2) is 0 Å². The van der Waals surface area contributed by atoms with E-state index in [1.807, 2.05) is 24.5 Å². The van der Waals surface area contributed by atoms with E-state index in [1.165, 1.54) is 11.1 Å². The summed E-state index contributed by atoms with van der Waals surface area (Å²) in [6.07, 6.45) is 6.16. The Morgan fingerprint density at radius 3 is 2.78 bits per heavy atom. The van der Waals surface area contributed by atoms with Gasteiger partial charge in [0.1, 0.15) is 23.3 Å². The van der Waals surface area contributed by atoms with Crippen LogP contribution in [0.1, 0.15) is 29.5 Å². The molecule has 1 aliphatic rings. The molecule has 1 fully saturated rings. The standard InChI is InChI=1S/C22H25N3O2/c23-22(24)16-6-9-21-20(12-16)17(14-26-21)3-1-2-15-4-7-18(8-5-15)27-19-10-11-25-13-19/h4-9,12,14,19,25H,1-3,10-11,13H2,(H3,23,24)/t19-/m0/s1. The van der Waals surface area contributed by atoms with Crippen LogP contribution in [0.3, 0.4) is 0 Å². The minimum Gasteiger partial charge on any atom is -0.489 e. The van der Waals surface area contributed by atoms with Crippen molar-refractivity contribution in [3.05, 3.63) is 65.4 Å². The zero-order chi connectivity index (χ0) is 18.6. The van der Waals surface area contributed by atoms with Crippen LogP contribution in [0.25, 0.3) is 11.0 Å². The summed E-state index contributed by atoms with van der Waals surface area (Å²) in [6.45, 7) is 1.98. The van der Waals surface area contributed by atoms with Gasteiger partial charge in [-0.3, -0.25) is 5.41 Å². The number of fused-ring (bicyclic) bond motifs is 1. The minimum absolute atomic E-state index is 0.0831. The van der Waals surface area contributed by atoms with E-state index < -0.39 is 0 Å². The molecule has 1 aliphatic heterocycles. The van der Waals surface area contributed by atoms with E-state index in [1.54, 1.807) is 0 Å². The van der Waals surface area contributed by atoms with E-state index in [9.17, 15) is 0 Å². The average molecular weight is 363 g/mol. The van der Waals surface area contributed by atoms with E-state index in [0.717, 1.165) is 61.1 Å². The molecule has 3 aromatic rings. The second kappa shape index (κ2) is 7.84. The second-order valence-electron chi connectivity index (χ2n) is 7.12. The first-order valence-corrected chi connectivity index (χ1v) is 9.50. The summed E-state index contributed by atoms with van der Waals surface area (Å²) in [5.41, 5.74) is 9.66. The van der Waals surface area contributed by atoms with Gasteiger partial charge in [-0.15, -0.1) is 0 Å². The lowest BCUT2D eigenvalue weighted by Gasteiger charge is -2.12. The van der Waals surface area contributed by atoms with Crippen LogP contribution in [0, 0.1) is 5.41 Å². The molecule has 0 amide bonds. The highest BCUT2D eigenvalue weighted by atomic mass is 16.5. The number of hydrogen-bond donors (Lipinski definition) is 3. The normalized spacial score (nSPS) is 16.7. The van der Waals surface area contributed by atoms with Gasteiger partial charge in [0.2, 0.25) is 0 Å². The average Bonchev–Trinajstić information content (AvgIpc) is 3.33. The van der Waals surface area contributed by atoms with Crippen molar-refractivity contribution < 1.29 is 9.15 Å². The van der Waals surface area contributed by atoms with Gasteiger partial charge in [-0.05, 0) is 73.7 Å². The van der Waals surface area contributed by atoms with Crippen molar-refractivity contribution in [1.82, 2.24) is 5.32 Å². The maximum atomic E-state index is 7.61. The number of nitrogens with two attached hydrogens (primary N) is 1. The molecule has 4 N–H and O–H groups in total. The second-order valence-corrected chi connectivity index (χ2v) is 7.12. The lowest BCUT2D eigenvalue weighted by molar-refractivity contribution is 0.223. The predicted octanol–water partition coefficient (Wildman–Crippen LogP) is 3.63. The maximum Gasteiger partial charge on any atom is 0.134 e. The van der Waals surface area contributed by atoms with Crippen molar-refractivity contribution in [2.45, 2.75) is 31.8 Å². The van der Waals surface area contributed by atoms with E-state index in [-0.39, 0.29) is 5.84 Å². The molecule has 0 bridgehead atoms. The Balaban J connectivity index is 1.34. The van der Waals surface area contributed by atoms with Crippen LogP contribution in [0.5, 0.6) is 5.75 Å². The number of benzene rings is 2. The van der Waals surface area contributed by atoms with Crippen molar-refractivity contribution in [2.75, 3.05) is 13.1 Å². The van der Waals surface area contributed by atoms with Crippen molar-refractivity contribution in [3.8, 4) is 5.75 Å². The number of nitrogens with one attached hydrogen (secondary N) is 2. The summed E-state index contributed by atoms with van der Waals surface area (Å²) >= 11 is 0. The Morgan fingerprint density at radius 1 is 1.19 bits per heavy atom. The molecule has 2 aromatic carbocycles. The molecular formula is C22H25N3O2. The Hall–Kier alpha value is -2.79. The Bertz CT molecular complexity index is 924. The number of nitrogen functional groups attached to an aromatic ring is 1. The van der Waals surface area contributed by atoms with E-state index >= 15 is 0 Å². The SMILES string of the molecule is N=C(N)c1ccc2occ(CCCc3ccc(O[C@H]4CCNC4)cc3)c2c1. The van der Waals surface area contributed by atoms with Crippen LogP contribution < -0.4 is 15.8 Å². The molecule has 1 atom stereocenters. The molecule has 0 unspecified atom stereocenters. The molecule has 0 saturated carbocycles. The van der Waals surface area contributed by atoms with Crippen molar-refractivity contribution in [1.29, 1.82) is 5.41 Å². The van der Waals surface area contributed by atoms with E-state index in [2.05, 4.69) is 29.6 Å². The number of aryl methyl sites for hydroxylation is 2. The quantitative estimate of drug-likeness (QED) is 0.442. The molecule has 4 rings (SSSR count). The molecule has 0 spiro atoms. The third kappa shape index (κ3) is 4.14. The molecule has 5 heteroatoms. The highest BCUT2D eigenvalue weighted by Gasteiger charge is 2.15. The molecule has 5 nitrogen and oxygen atoms in total. The fourth-order valence-corrected chi connectivity index (χ4v) is 3.58. The van der Waals surface area contributed by atoms with Gasteiger partial charge < -0.3 is 20.2 Å². The van der Waals surface area contributed by atoms with Gasteiger partial charge in [0, 0.05) is 17.5 Å². The Morgan fingerprint density at radius 2 is 2.04 bits per heavy atom. The summed E-state index contributed by atoms with van der Waals surface area (Å²) in [5, 5.41) is 12.0. The zero-order valence-corrected chi connectivity index (χ0v) is 15.3. The van der Waals surface area contributed by atoms with Crippen molar-refractivity contribution in [3.63, 3.8) is 0 Å². The monoisotopic (exact) mass is 363 g/mol. The van der Waals surface area contributed by atoms with Crippen molar-refractivity contribution >= 4 is 16.8 Å². The zero-order valence-electron chi connectivity index (χ0n) is 15.3. The lowest BCUT2D eigenvalue weighted by atomic mass is 10.0. The van der Waals surface area contributed by atoms with Gasteiger partial charge in [0.25, 0.3) is 0 Å². The fraction of sp³-hybridized carbons (Fsp3) is 0.318. The number of ether oxygens (including phenoxy) is 1. The van der Waals surface area contributed by atoms with Gasteiger partial charge in [-0.1, -0.05) is 12.1 Å². The summed E-state index contributed by atoms with van der Waals surface area (Å²) in [4.78, 5) is 0. The van der Waals surface area contributed by atoms with Crippen molar-refractivity contribution in [2.24, 2.45) is 5.73 Å². The smallest absolute Gasteiger partial charge is 0.134 e. The van der Waals surface area contributed by atoms with Gasteiger partial charge in [-0.25, -0.2) is 0 Å². The first-order chi connectivity index (χ1) is 13.2. The summed E-state index contributed by atoms with van der Waals surface area (Å²) in [5.74, 6) is 1.03. The fourth-order valence-electron chi connectivity index (χ4n) is 3.58. The van der Waals surface area contributed by atoms with E-state index in [4.69, 9.17) is 20.3 Å². The van der Waals surface area contributed by atoms with Crippen LogP contribution in [0.4, 0.5) is 0 Å². The summed E-state index contributed by atoms with van der Waals surface area (Å²) in [6, 6.07) is 14.1. The number of furan rings is 1. The Kier molecular flexibility index (Phi) is 5.12. The maximum absolute atomic E-state index is 7.61. The predicted molar refractivity (Wildman–Crippen MR) is 108 cm³/mol. The Labute approximate surface area is 159 Å². The minimum atomic E-state index is 0.0831. The molecule has 0 radical (unpaired) electrons. The van der Waals surface area contributed by atoms with Crippen LogP contribution in [0.15, 0.2) is 53.1 Å². The van der Waals surface area contributed by atoms with E-state index in [0.29, 0.717) is 6.10 Å². The highest BCUT2D eigenvalue weighted by Crippen LogP contribution is 2.24. The third-order valence-electron chi connectivity index (χ3n) is 5.12. The molecule has 27 heavy (non-hydrogen) atoms. The lowest BCUT2D eigenvalue weighted by Crippen LogP contribution is -2.19. The highest BCUT2D eigenvalue weighted by molar-refractivity contribution is 5.98. The number of rotatable bonds is 7. The largest absolute Gasteiger partial charge is 0.489 e. The summed E-state index contributed by atoms with van der Waals surface area (Å²) < 4.78 is 11.6. The molecule has 2 heterocycles. The topological polar surface area (TPSA) is 84.3 Å². The molecule has 1 aromatic heterocycles. The first kappa shape index (κ1) is 17.6. The molecule has 140 valence electrons. The summed E-state index contributed by atoms with van der Waals surface area (Å²) in [7, 11) is 0. The van der Waals surface area contributed by atoms with Crippen LogP contribution in [0.2, 0.25) is 0 Å². The third-order valence-corrected chi connectivity index (χ3v) is 5.12. The molecule has 1 saturated heterocycles. The van der Waals surface area contributed by atoms with Gasteiger partial charge >= 0.3 is 0 Å². The van der Waals surface area contributed by atoms with Gasteiger partial charge in [0.05, 0.1) is 6.26 Å². The van der Waals surface area contributed by atoms with Crippen LogP contribution in [-0.2, 0) is 12.8 Å². The first-order valence-electron chi connectivity index (χ1n) is 9.50. The van der Waals surface area contributed by atoms with Crippen LogP contribution >= 0.6 is 0 Å². The van der Waals surface area contributed by atoms with Gasteiger partial charge in [-0.2, -0.15) is 0 Å². The number of hydrogen-bond acceptors (Lipinski definition) is 4. The van der Waals surface area contributed by atoms with Crippen LogP contribution in [-0.4, -0.2) is 25.0 Å².